The number of nitrogens with zero attached hydrogens (tertiary/aromatic N) is 6. The number of piperazine rings is 1. The third-order valence-electron chi connectivity index (χ3n) is 3.92. The Morgan fingerprint density at radius 1 is 1.17 bits per heavy atom. The fourth-order valence-corrected chi connectivity index (χ4v) is 3.93. The fourth-order valence-electron chi connectivity index (χ4n) is 2.61. The van der Waals surface area contributed by atoms with Gasteiger partial charge < -0.3 is 14.8 Å². The minimum absolute atomic E-state index is 0.128. The Balaban J connectivity index is 1.74. The lowest BCUT2D eigenvalue weighted by molar-refractivity contribution is 0.382. The molecule has 2 aromatic heterocycles. The summed E-state index contributed by atoms with van der Waals surface area (Å²) >= 11 is 0. The van der Waals surface area contributed by atoms with Gasteiger partial charge in [-0.3, -0.25) is 0 Å². The van der Waals surface area contributed by atoms with Crippen LogP contribution in [-0.4, -0.2) is 72.9 Å². The summed E-state index contributed by atoms with van der Waals surface area (Å²) in [7, 11) is 0.356. The molecule has 1 aliphatic heterocycles. The van der Waals surface area contributed by atoms with E-state index >= 15 is 0 Å². The van der Waals surface area contributed by atoms with Gasteiger partial charge >= 0.3 is 0 Å². The zero-order valence-corrected chi connectivity index (χ0v) is 14.8. The molecule has 0 unspecified atom stereocenters. The van der Waals surface area contributed by atoms with E-state index in [0.29, 0.717) is 32.0 Å². The second-order valence-corrected chi connectivity index (χ2v) is 7.74. The minimum Gasteiger partial charge on any atom is -0.363 e. The van der Waals surface area contributed by atoms with E-state index in [9.17, 15) is 8.42 Å². The number of aryl methyl sites for hydroxylation is 1. The first-order chi connectivity index (χ1) is 11.4. The highest BCUT2D eigenvalue weighted by Gasteiger charge is 2.30. The fraction of sp³-hybridized carbons (Fsp3) is 0.500. The van der Waals surface area contributed by atoms with Gasteiger partial charge in [0.1, 0.15) is 17.5 Å². The van der Waals surface area contributed by atoms with Gasteiger partial charge in [-0.05, 0) is 6.92 Å². The second kappa shape index (κ2) is 6.36. The van der Waals surface area contributed by atoms with Gasteiger partial charge in [0.15, 0.2) is 5.03 Å². The summed E-state index contributed by atoms with van der Waals surface area (Å²) in [5, 5.41) is 0.128. The highest BCUT2D eigenvalue weighted by Crippen LogP contribution is 2.21. The quantitative estimate of drug-likeness (QED) is 0.833. The predicted molar refractivity (Wildman–Crippen MR) is 90.7 cm³/mol. The molecule has 3 heterocycles. The zero-order chi connectivity index (χ0) is 17.3. The average molecular weight is 351 g/mol. The molecule has 0 spiro atoms. The van der Waals surface area contributed by atoms with Crippen molar-refractivity contribution >= 4 is 21.7 Å². The lowest BCUT2D eigenvalue weighted by Crippen LogP contribution is -2.49. The first-order valence-electron chi connectivity index (χ1n) is 7.64. The molecule has 0 radical (unpaired) electrons. The van der Waals surface area contributed by atoms with Crippen molar-refractivity contribution < 1.29 is 8.42 Å². The third kappa shape index (κ3) is 3.20. The summed E-state index contributed by atoms with van der Waals surface area (Å²) in [4.78, 5) is 19.3. The van der Waals surface area contributed by atoms with Crippen LogP contribution in [0.3, 0.4) is 0 Å². The first-order valence-corrected chi connectivity index (χ1v) is 9.08. The van der Waals surface area contributed by atoms with Gasteiger partial charge in [-0.2, -0.15) is 4.31 Å². The van der Waals surface area contributed by atoms with Crippen molar-refractivity contribution in [1.82, 2.24) is 24.2 Å². The zero-order valence-electron chi connectivity index (χ0n) is 14.0. The molecule has 0 amide bonds. The number of hydrogen-bond donors (Lipinski definition) is 1. The number of anilines is 2. The number of nitrogens with one attached hydrogen (secondary N) is 1. The van der Waals surface area contributed by atoms with Crippen molar-refractivity contribution in [3.63, 3.8) is 0 Å². The van der Waals surface area contributed by atoms with Crippen LogP contribution in [0.4, 0.5) is 11.6 Å². The Morgan fingerprint density at radius 2 is 1.88 bits per heavy atom. The molecule has 130 valence electrons. The molecule has 3 rings (SSSR count). The Labute approximate surface area is 141 Å². The third-order valence-corrected chi connectivity index (χ3v) is 5.75. The summed E-state index contributed by atoms with van der Waals surface area (Å²) in [6.45, 7) is 3.83. The highest BCUT2D eigenvalue weighted by atomic mass is 32.2. The van der Waals surface area contributed by atoms with Crippen LogP contribution in [0, 0.1) is 6.92 Å². The summed E-state index contributed by atoms with van der Waals surface area (Å²) in [5.74, 6) is 2.36. The summed E-state index contributed by atoms with van der Waals surface area (Å²) in [5.41, 5.74) is 0. The molecule has 9 nitrogen and oxygen atoms in total. The van der Waals surface area contributed by atoms with Crippen LogP contribution in [0.2, 0.25) is 0 Å². The number of imidazole rings is 1. The van der Waals surface area contributed by atoms with Crippen LogP contribution in [0.25, 0.3) is 0 Å². The van der Waals surface area contributed by atoms with Crippen molar-refractivity contribution in [2.24, 2.45) is 0 Å². The van der Waals surface area contributed by atoms with Crippen molar-refractivity contribution in [3.8, 4) is 0 Å². The number of rotatable bonds is 4. The van der Waals surface area contributed by atoms with Crippen LogP contribution in [0.15, 0.2) is 23.6 Å². The van der Waals surface area contributed by atoms with E-state index < -0.39 is 10.0 Å². The van der Waals surface area contributed by atoms with Crippen molar-refractivity contribution in [3.05, 3.63) is 24.4 Å². The minimum atomic E-state index is -3.51. The number of hydrogen-bond acceptors (Lipinski definition) is 7. The molecule has 1 saturated heterocycles. The van der Waals surface area contributed by atoms with E-state index in [1.54, 1.807) is 0 Å². The van der Waals surface area contributed by atoms with Gasteiger partial charge in [0.2, 0.25) is 0 Å². The molecule has 10 heteroatoms. The number of aromatic amines is 1. The lowest BCUT2D eigenvalue weighted by atomic mass is 10.3. The van der Waals surface area contributed by atoms with Gasteiger partial charge in [0.05, 0.1) is 12.5 Å². The summed E-state index contributed by atoms with van der Waals surface area (Å²) < 4.78 is 26.5. The van der Waals surface area contributed by atoms with Crippen LogP contribution in [0.5, 0.6) is 0 Å². The SMILES string of the molecule is Cc1nc(N(C)C)cc(N2CCN(S(=O)(=O)c3cnc[nH]3)CC2)n1. The maximum Gasteiger partial charge on any atom is 0.260 e. The number of aromatic nitrogens is 4. The standard InChI is InChI=1S/C14H21N7O2S/c1-11-17-12(19(2)3)8-13(18-11)20-4-6-21(7-5-20)24(22,23)14-9-15-10-16-14/h8-10H,4-7H2,1-3H3,(H,15,16). The predicted octanol–water partition coefficient (Wildman–Crippen LogP) is 0.0850. The van der Waals surface area contributed by atoms with Crippen LogP contribution in [0.1, 0.15) is 5.82 Å². The Bertz CT molecular complexity index is 797. The smallest absolute Gasteiger partial charge is 0.260 e. The molecule has 1 fully saturated rings. The van der Waals surface area contributed by atoms with Gasteiger partial charge in [0.25, 0.3) is 10.0 Å². The topological polar surface area (TPSA) is 98.3 Å². The largest absolute Gasteiger partial charge is 0.363 e. The molecular formula is C14H21N7O2S. The monoisotopic (exact) mass is 351 g/mol. The molecule has 1 aliphatic rings. The van der Waals surface area contributed by atoms with E-state index in [1.807, 2.05) is 32.0 Å². The van der Waals surface area contributed by atoms with Crippen LogP contribution in [-0.2, 0) is 10.0 Å². The van der Waals surface area contributed by atoms with Crippen molar-refractivity contribution in [2.45, 2.75) is 11.9 Å². The molecule has 0 aromatic carbocycles. The lowest BCUT2D eigenvalue weighted by Gasteiger charge is -2.34. The highest BCUT2D eigenvalue weighted by molar-refractivity contribution is 7.89. The Kier molecular flexibility index (Phi) is 4.41. The first kappa shape index (κ1) is 16.7. The molecule has 24 heavy (non-hydrogen) atoms. The Morgan fingerprint density at radius 3 is 2.46 bits per heavy atom. The van der Waals surface area contributed by atoms with Gasteiger partial charge in [-0.25, -0.2) is 23.4 Å². The van der Waals surface area contributed by atoms with E-state index in [0.717, 1.165) is 11.6 Å². The van der Waals surface area contributed by atoms with Crippen LogP contribution >= 0.6 is 0 Å². The number of H-pyrrole nitrogens is 1. The molecule has 2 aromatic rings. The molecule has 0 atom stereocenters. The van der Waals surface area contributed by atoms with E-state index in [2.05, 4.69) is 24.8 Å². The number of sulfonamides is 1. The van der Waals surface area contributed by atoms with E-state index in [4.69, 9.17) is 0 Å². The summed E-state index contributed by atoms with van der Waals surface area (Å²) in [6.07, 6.45) is 2.70. The normalized spacial score (nSPS) is 16.4. The molecule has 0 bridgehead atoms. The molecule has 1 N–H and O–H groups in total. The van der Waals surface area contributed by atoms with E-state index in [1.165, 1.54) is 16.8 Å². The maximum atomic E-state index is 12.5. The van der Waals surface area contributed by atoms with Crippen molar-refractivity contribution in [2.75, 3.05) is 50.1 Å². The van der Waals surface area contributed by atoms with Gasteiger partial charge in [-0.1, -0.05) is 0 Å². The van der Waals surface area contributed by atoms with Gasteiger partial charge in [0, 0.05) is 46.3 Å². The molecule has 0 aliphatic carbocycles. The summed E-state index contributed by atoms with van der Waals surface area (Å²) in [6, 6.07) is 1.92. The average Bonchev–Trinajstić information content (AvgIpc) is 3.09. The van der Waals surface area contributed by atoms with E-state index in [-0.39, 0.29) is 5.03 Å². The second-order valence-electron chi connectivity index (χ2n) is 5.83. The van der Waals surface area contributed by atoms with Crippen molar-refractivity contribution in [1.29, 1.82) is 0 Å². The van der Waals surface area contributed by atoms with Crippen LogP contribution < -0.4 is 9.80 Å². The van der Waals surface area contributed by atoms with Gasteiger partial charge in [-0.15, -0.1) is 0 Å². The molecule has 0 saturated carbocycles. The maximum absolute atomic E-state index is 12.5. The Hall–Kier alpha value is -2.20. The molecular weight excluding hydrogens is 330 g/mol.